The number of thiophene rings is 1. The zero-order chi connectivity index (χ0) is 18.1. The van der Waals surface area contributed by atoms with Gasteiger partial charge in [0.15, 0.2) is 0 Å². The first-order chi connectivity index (χ1) is 11.9. The van der Waals surface area contributed by atoms with Gasteiger partial charge in [-0.05, 0) is 42.7 Å². The third-order valence-corrected chi connectivity index (χ3v) is 5.53. The number of amides is 1. The largest absolute Gasteiger partial charge is 0.394 e. The molecule has 2 aromatic rings. The monoisotopic (exact) mass is 360 g/mol. The molecule has 1 aliphatic rings. The van der Waals surface area contributed by atoms with E-state index in [1.807, 2.05) is 22.4 Å². The minimum Gasteiger partial charge on any atom is -0.394 e. The second-order valence-electron chi connectivity index (χ2n) is 7.08. The molecule has 1 saturated heterocycles. The summed E-state index contributed by atoms with van der Waals surface area (Å²) in [7, 11) is 0. The fourth-order valence-electron chi connectivity index (χ4n) is 3.55. The molecule has 3 atom stereocenters. The number of rotatable bonds is 3. The van der Waals surface area contributed by atoms with Gasteiger partial charge in [0, 0.05) is 13.1 Å². The zero-order valence-corrected chi connectivity index (χ0v) is 15.6. The maximum Gasteiger partial charge on any atom is 0.290 e. The Labute approximate surface area is 151 Å². The molecule has 2 aromatic heterocycles. The molecule has 1 fully saturated rings. The molecule has 2 N–H and O–H groups in total. The number of nitrogens with zero attached hydrogens (tertiary/aromatic N) is 3. The van der Waals surface area contributed by atoms with Gasteiger partial charge in [0.25, 0.3) is 5.56 Å². The van der Waals surface area contributed by atoms with Crippen LogP contribution in [-0.4, -0.2) is 33.7 Å². The summed E-state index contributed by atoms with van der Waals surface area (Å²) in [5, 5.41) is 6.35. The fourth-order valence-corrected chi connectivity index (χ4v) is 4.23. The third-order valence-electron chi connectivity index (χ3n) is 4.64. The molecule has 6 nitrogen and oxygen atoms in total. The lowest BCUT2D eigenvalue weighted by atomic mass is 9.91. The minimum absolute atomic E-state index is 0.0734. The van der Waals surface area contributed by atoms with Crippen LogP contribution in [-0.2, 0) is 4.79 Å². The summed E-state index contributed by atoms with van der Waals surface area (Å²) in [5.74, 6) is 0.856. The Hall–Kier alpha value is -2.15. The summed E-state index contributed by atoms with van der Waals surface area (Å²) < 4.78 is 1.23. The highest BCUT2D eigenvalue weighted by atomic mass is 32.1. The maximum atomic E-state index is 12.9. The molecule has 0 bridgehead atoms. The fraction of sp³-hybridized carbons (Fsp3) is 0.500. The van der Waals surface area contributed by atoms with Gasteiger partial charge in [-0.3, -0.25) is 9.59 Å². The van der Waals surface area contributed by atoms with E-state index < -0.39 is 11.6 Å². The first-order valence-corrected chi connectivity index (χ1v) is 9.46. The van der Waals surface area contributed by atoms with Crippen molar-refractivity contribution in [2.24, 2.45) is 11.8 Å². The number of anilines is 1. The van der Waals surface area contributed by atoms with E-state index in [2.05, 4.69) is 18.9 Å². The van der Waals surface area contributed by atoms with Crippen molar-refractivity contribution in [3.05, 3.63) is 33.9 Å². The average Bonchev–Trinajstić information content (AvgIpc) is 3.09. The standard InChI is InChI=1S/C18H24N4O2S/c1-11-7-12(2)10-21(9-11)17(23)13(3)22-18(24)14(19)8-15(20-22)16-5-4-6-25-16/h4-6,8,11-13H,7,9-10,19H2,1-3H3/t11-,12+,13-/m1/s1. The van der Waals surface area contributed by atoms with Crippen molar-refractivity contribution in [2.45, 2.75) is 33.2 Å². The molecule has 1 aliphatic heterocycles. The quantitative estimate of drug-likeness (QED) is 0.912. The van der Waals surface area contributed by atoms with Crippen LogP contribution in [0.1, 0.15) is 33.2 Å². The molecular formula is C18H24N4O2S. The Bertz CT molecular complexity index is 805. The van der Waals surface area contributed by atoms with Crippen molar-refractivity contribution in [1.29, 1.82) is 0 Å². The number of nitrogens with two attached hydrogens (primary N) is 1. The van der Waals surface area contributed by atoms with Crippen molar-refractivity contribution in [1.82, 2.24) is 14.7 Å². The van der Waals surface area contributed by atoms with Crippen LogP contribution in [0.25, 0.3) is 10.6 Å². The van der Waals surface area contributed by atoms with E-state index in [0.717, 1.165) is 24.4 Å². The van der Waals surface area contributed by atoms with Crippen LogP contribution in [0.2, 0.25) is 0 Å². The Balaban J connectivity index is 1.92. The molecule has 0 unspecified atom stereocenters. The number of carbonyl (C=O) groups excluding carboxylic acids is 1. The van der Waals surface area contributed by atoms with Crippen LogP contribution in [0.5, 0.6) is 0 Å². The summed E-state index contributed by atoms with van der Waals surface area (Å²) in [6.07, 6.45) is 1.12. The lowest BCUT2D eigenvalue weighted by Crippen LogP contribution is -2.47. The summed E-state index contributed by atoms with van der Waals surface area (Å²) in [6.45, 7) is 7.48. The third kappa shape index (κ3) is 3.61. The highest BCUT2D eigenvalue weighted by molar-refractivity contribution is 7.13. The van der Waals surface area contributed by atoms with Crippen LogP contribution < -0.4 is 11.3 Å². The average molecular weight is 360 g/mol. The van der Waals surface area contributed by atoms with Crippen LogP contribution in [0.3, 0.4) is 0 Å². The van der Waals surface area contributed by atoms with Crippen molar-refractivity contribution >= 4 is 22.9 Å². The van der Waals surface area contributed by atoms with E-state index in [1.54, 1.807) is 13.0 Å². The summed E-state index contributed by atoms with van der Waals surface area (Å²) in [6, 6.07) is 4.74. The molecule has 0 aliphatic carbocycles. The van der Waals surface area contributed by atoms with Gasteiger partial charge in [0.1, 0.15) is 17.4 Å². The number of hydrogen-bond acceptors (Lipinski definition) is 5. The molecule has 0 saturated carbocycles. The molecule has 0 radical (unpaired) electrons. The van der Waals surface area contributed by atoms with E-state index in [9.17, 15) is 9.59 Å². The van der Waals surface area contributed by atoms with Gasteiger partial charge < -0.3 is 10.6 Å². The summed E-state index contributed by atoms with van der Waals surface area (Å²) in [5.41, 5.74) is 6.20. The second kappa shape index (κ2) is 7.00. The Kier molecular flexibility index (Phi) is 4.94. The van der Waals surface area contributed by atoms with Gasteiger partial charge >= 0.3 is 0 Å². The van der Waals surface area contributed by atoms with Crippen LogP contribution in [0, 0.1) is 11.8 Å². The van der Waals surface area contributed by atoms with Gasteiger partial charge in [0.05, 0.1) is 4.88 Å². The number of piperidine rings is 1. The van der Waals surface area contributed by atoms with E-state index in [4.69, 9.17) is 5.73 Å². The van der Waals surface area contributed by atoms with Gasteiger partial charge in [-0.25, -0.2) is 4.68 Å². The Morgan fingerprint density at radius 1 is 1.36 bits per heavy atom. The smallest absolute Gasteiger partial charge is 0.290 e. The van der Waals surface area contributed by atoms with Crippen molar-refractivity contribution in [3.8, 4) is 10.6 Å². The number of aromatic nitrogens is 2. The zero-order valence-electron chi connectivity index (χ0n) is 14.8. The Morgan fingerprint density at radius 3 is 2.64 bits per heavy atom. The van der Waals surface area contributed by atoms with Gasteiger partial charge in [-0.15, -0.1) is 11.3 Å². The molecule has 1 amide bonds. The first-order valence-electron chi connectivity index (χ1n) is 8.58. The second-order valence-corrected chi connectivity index (χ2v) is 8.02. The number of nitrogen functional groups attached to an aromatic ring is 1. The number of carbonyl (C=O) groups is 1. The van der Waals surface area contributed by atoms with Gasteiger partial charge in [0.2, 0.25) is 5.91 Å². The van der Waals surface area contributed by atoms with Crippen LogP contribution >= 0.6 is 11.3 Å². The summed E-state index contributed by atoms with van der Waals surface area (Å²) in [4.78, 5) is 28.2. The lowest BCUT2D eigenvalue weighted by molar-refractivity contribution is -0.137. The molecule has 7 heteroatoms. The Morgan fingerprint density at radius 2 is 2.04 bits per heavy atom. The number of hydrogen-bond donors (Lipinski definition) is 1. The van der Waals surface area contributed by atoms with Crippen molar-refractivity contribution in [3.63, 3.8) is 0 Å². The number of likely N-dealkylation sites (tertiary alicyclic amines) is 1. The van der Waals surface area contributed by atoms with Gasteiger partial charge in [-0.1, -0.05) is 19.9 Å². The van der Waals surface area contributed by atoms with Crippen LogP contribution in [0.15, 0.2) is 28.4 Å². The molecule has 0 spiro atoms. The summed E-state index contributed by atoms with van der Waals surface area (Å²) >= 11 is 1.52. The molecular weight excluding hydrogens is 336 g/mol. The molecule has 0 aromatic carbocycles. The first kappa shape index (κ1) is 17.7. The molecule has 3 heterocycles. The maximum absolute atomic E-state index is 12.9. The minimum atomic E-state index is -0.674. The highest BCUT2D eigenvalue weighted by Gasteiger charge is 2.30. The normalized spacial score (nSPS) is 22.0. The van der Waals surface area contributed by atoms with Crippen molar-refractivity contribution in [2.75, 3.05) is 18.8 Å². The predicted molar refractivity (Wildman–Crippen MR) is 100 cm³/mol. The van der Waals surface area contributed by atoms with E-state index >= 15 is 0 Å². The SMILES string of the molecule is C[C@@H]1C[C@H](C)CN(C(=O)[C@@H](C)n2nc(-c3cccs3)cc(N)c2=O)C1. The van der Waals surface area contributed by atoms with Crippen molar-refractivity contribution < 1.29 is 4.79 Å². The van der Waals surface area contributed by atoms with E-state index in [0.29, 0.717) is 17.5 Å². The molecule has 3 rings (SSSR count). The molecule has 25 heavy (non-hydrogen) atoms. The van der Waals surface area contributed by atoms with E-state index in [1.165, 1.54) is 16.0 Å². The van der Waals surface area contributed by atoms with Crippen LogP contribution in [0.4, 0.5) is 5.69 Å². The molecule has 134 valence electrons. The predicted octanol–water partition coefficient (Wildman–Crippen LogP) is 2.62. The van der Waals surface area contributed by atoms with Gasteiger partial charge in [-0.2, -0.15) is 5.10 Å². The topological polar surface area (TPSA) is 81.2 Å². The lowest BCUT2D eigenvalue weighted by Gasteiger charge is -2.36. The van der Waals surface area contributed by atoms with E-state index in [-0.39, 0.29) is 11.6 Å². The highest BCUT2D eigenvalue weighted by Crippen LogP contribution is 2.25.